The van der Waals surface area contributed by atoms with Crippen molar-refractivity contribution in [1.29, 1.82) is 0 Å². The van der Waals surface area contributed by atoms with Gasteiger partial charge in [0.25, 0.3) is 0 Å². The van der Waals surface area contributed by atoms with Crippen molar-refractivity contribution < 1.29 is 0 Å². The molecule has 0 radical (unpaired) electrons. The standard InChI is InChI=1S/C18H14S2/c1-11-13-7-3-5-9-15(13)17(19-11)18-16-10-6-4-8-14(16)12(2)20-18/h3-10H,1-2H3. The van der Waals surface area contributed by atoms with E-state index in [1.54, 1.807) is 0 Å². The summed E-state index contributed by atoms with van der Waals surface area (Å²) in [7, 11) is 0. The van der Waals surface area contributed by atoms with Crippen LogP contribution < -0.4 is 0 Å². The van der Waals surface area contributed by atoms with Gasteiger partial charge in [0, 0.05) is 20.5 Å². The SMILES string of the molecule is Cc1sc(-c2sc(C)c3ccccc23)c2ccccc12. The summed E-state index contributed by atoms with van der Waals surface area (Å²) in [5.41, 5.74) is 0. The van der Waals surface area contributed by atoms with Gasteiger partial charge in [-0.3, -0.25) is 0 Å². The third-order valence-electron chi connectivity index (χ3n) is 3.82. The Labute approximate surface area is 126 Å². The smallest absolute Gasteiger partial charge is 0.0530 e. The fourth-order valence-electron chi connectivity index (χ4n) is 2.84. The van der Waals surface area contributed by atoms with E-state index in [2.05, 4.69) is 62.4 Å². The molecule has 4 aromatic rings. The fraction of sp³-hybridized carbons (Fsp3) is 0.111. The summed E-state index contributed by atoms with van der Waals surface area (Å²) in [6.07, 6.45) is 0. The molecule has 0 spiro atoms. The molecule has 2 aromatic carbocycles. The van der Waals surface area contributed by atoms with Gasteiger partial charge in [0.2, 0.25) is 0 Å². The fourth-order valence-corrected chi connectivity index (χ4v) is 5.26. The molecule has 0 N–H and O–H groups in total. The molecule has 20 heavy (non-hydrogen) atoms. The average molecular weight is 294 g/mol. The number of aryl methyl sites for hydroxylation is 2. The summed E-state index contributed by atoms with van der Waals surface area (Å²) in [5, 5.41) is 5.56. The Morgan fingerprint density at radius 3 is 1.30 bits per heavy atom. The van der Waals surface area contributed by atoms with Crippen molar-refractivity contribution in [3.63, 3.8) is 0 Å². The van der Waals surface area contributed by atoms with Gasteiger partial charge >= 0.3 is 0 Å². The van der Waals surface area contributed by atoms with Gasteiger partial charge in [-0.25, -0.2) is 0 Å². The molecular weight excluding hydrogens is 280 g/mol. The summed E-state index contributed by atoms with van der Waals surface area (Å²) in [4.78, 5) is 5.66. The Balaban J connectivity index is 2.12. The van der Waals surface area contributed by atoms with Crippen LogP contribution >= 0.6 is 22.7 Å². The number of hydrogen-bond acceptors (Lipinski definition) is 2. The van der Waals surface area contributed by atoms with E-state index in [1.807, 2.05) is 22.7 Å². The first-order chi connectivity index (χ1) is 9.75. The second kappa shape index (κ2) is 4.44. The van der Waals surface area contributed by atoms with Crippen molar-refractivity contribution in [2.45, 2.75) is 13.8 Å². The lowest BCUT2D eigenvalue weighted by molar-refractivity contribution is 1.68. The van der Waals surface area contributed by atoms with E-state index in [4.69, 9.17) is 0 Å². The second-order valence-electron chi connectivity index (χ2n) is 5.07. The summed E-state index contributed by atoms with van der Waals surface area (Å²) in [6, 6.07) is 17.5. The highest BCUT2D eigenvalue weighted by Crippen LogP contribution is 2.45. The van der Waals surface area contributed by atoms with Gasteiger partial charge in [0.1, 0.15) is 0 Å². The minimum atomic E-state index is 1.39. The first kappa shape index (κ1) is 12.1. The van der Waals surface area contributed by atoms with Crippen molar-refractivity contribution in [1.82, 2.24) is 0 Å². The Morgan fingerprint density at radius 2 is 0.900 bits per heavy atom. The van der Waals surface area contributed by atoms with Crippen LogP contribution in [0.15, 0.2) is 48.5 Å². The number of rotatable bonds is 1. The number of hydrogen-bond donors (Lipinski definition) is 0. The van der Waals surface area contributed by atoms with Crippen molar-refractivity contribution in [2.75, 3.05) is 0 Å². The van der Waals surface area contributed by atoms with E-state index in [0.29, 0.717) is 0 Å². The maximum absolute atomic E-state index is 2.25. The molecule has 2 heteroatoms. The molecule has 2 heterocycles. The van der Waals surface area contributed by atoms with Crippen molar-refractivity contribution in [2.24, 2.45) is 0 Å². The van der Waals surface area contributed by atoms with E-state index in [0.717, 1.165) is 0 Å². The van der Waals surface area contributed by atoms with Crippen LogP contribution in [0.3, 0.4) is 0 Å². The molecule has 0 fully saturated rings. The van der Waals surface area contributed by atoms with E-state index in [-0.39, 0.29) is 0 Å². The molecule has 0 saturated heterocycles. The second-order valence-corrected chi connectivity index (χ2v) is 7.52. The van der Waals surface area contributed by atoms with Crippen LogP contribution in [-0.2, 0) is 0 Å². The van der Waals surface area contributed by atoms with Crippen LogP contribution in [0.4, 0.5) is 0 Å². The zero-order valence-corrected chi connectivity index (χ0v) is 13.1. The molecule has 0 aliphatic carbocycles. The Bertz CT molecular complexity index is 847. The summed E-state index contributed by atoms with van der Waals surface area (Å²) in [5.74, 6) is 0. The highest BCUT2D eigenvalue weighted by molar-refractivity contribution is 7.24. The molecule has 0 amide bonds. The van der Waals surface area contributed by atoms with Crippen molar-refractivity contribution in [3.8, 4) is 9.75 Å². The Morgan fingerprint density at radius 1 is 0.550 bits per heavy atom. The highest BCUT2D eigenvalue weighted by atomic mass is 32.1. The average Bonchev–Trinajstić information content (AvgIpc) is 2.99. The summed E-state index contributed by atoms with van der Waals surface area (Å²) >= 11 is 3.84. The van der Waals surface area contributed by atoms with Gasteiger partial charge in [-0.05, 0) is 24.6 Å². The molecule has 0 bridgehead atoms. The molecule has 98 valence electrons. The van der Waals surface area contributed by atoms with Gasteiger partial charge < -0.3 is 0 Å². The summed E-state index contributed by atoms with van der Waals surface area (Å²) in [6.45, 7) is 4.44. The quantitative estimate of drug-likeness (QED) is 0.381. The predicted octanol–water partition coefficient (Wildman–Crippen LogP) is 6.40. The Kier molecular flexibility index (Phi) is 2.69. The molecule has 0 aliphatic rings. The molecule has 0 nitrogen and oxygen atoms in total. The lowest BCUT2D eigenvalue weighted by Gasteiger charge is -1.97. The maximum atomic E-state index is 2.25. The molecule has 0 unspecified atom stereocenters. The molecule has 4 rings (SSSR count). The monoisotopic (exact) mass is 294 g/mol. The van der Waals surface area contributed by atoms with E-state index in [1.165, 1.54) is 41.1 Å². The van der Waals surface area contributed by atoms with Gasteiger partial charge in [0.15, 0.2) is 0 Å². The largest absolute Gasteiger partial charge is 0.138 e. The van der Waals surface area contributed by atoms with Crippen molar-refractivity contribution in [3.05, 3.63) is 58.3 Å². The molecule has 0 aliphatic heterocycles. The molecule has 0 atom stereocenters. The maximum Gasteiger partial charge on any atom is 0.0530 e. The predicted molar refractivity (Wildman–Crippen MR) is 92.1 cm³/mol. The van der Waals surface area contributed by atoms with Crippen molar-refractivity contribution >= 4 is 44.2 Å². The van der Waals surface area contributed by atoms with Crippen LogP contribution in [0.1, 0.15) is 9.75 Å². The molecule has 2 aromatic heterocycles. The third-order valence-corrected chi connectivity index (χ3v) is 6.26. The lowest BCUT2D eigenvalue weighted by atomic mass is 10.1. The van der Waals surface area contributed by atoms with Gasteiger partial charge in [-0.15, -0.1) is 22.7 Å². The van der Waals surface area contributed by atoms with E-state index in [9.17, 15) is 0 Å². The topological polar surface area (TPSA) is 0 Å². The number of thiophene rings is 2. The number of benzene rings is 2. The third kappa shape index (κ3) is 1.65. The van der Waals surface area contributed by atoms with Gasteiger partial charge in [-0.1, -0.05) is 48.5 Å². The van der Waals surface area contributed by atoms with E-state index >= 15 is 0 Å². The van der Waals surface area contributed by atoms with Crippen LogP contribution in [0.25, 0.3) is 31.3 Å². The van der Waals surface area contributed by atoms with Gasteiger partial charge in [0.05, 0.1) is 9.75 Å². The van der Waals surface area contributed by atoms with Gasteiger partial charge in [-0.2, -0.15) is 0 Å². The zero-order valence-electron chi connectivity index (χ0n) is 11.4. The lowest BCUT2D eigenvalue weighted by Crippen LogP contribution is -1.70. The molecular formula is C18H14S2. The normalized spacial score (nSPS) is 11.5. The first-order valence-corrected chi connectivity index (χ1v) is 8.35. The Hall–Kier alpha value is -1.64. The minimum Gasteiger partial charge on any atom is -0.138 e. The van der Waals surface area contributed by atoms with E-state index < -0.39 is 0 Å². The first-order valence-electron chi connectivity index (χ1n) is 6.72. The van der Waals surface area contributed by atoms with Crippen LogP contribution in [0.5, 0.6) is 0 Å². The van der Waals surface area contributed by atoms with Crippen LogP contribution in [-0.4, -0.2) is 0 Å². The number of fused-ring (bicyclic) bond motifs is 2. The highest BCUT2D eigenvalue weighted by Gasteiger charge is 2.15. The summed E-state index contributed by atoms with van der Waals surface area (Å²) < 4.78 is 0. The zero-order chi connectivity index (χ0) is 13.7. The minimum absolute atomic E-state index is 1.39. The van der Waals surface area contributed by atoms with Crippen LogP contribution in [0.2, 0.25) is 0 Å². The molecule has 0 saturated carbocycles. The van der Waals surface area contributed by atoms with Crippen LogP contribution in [0, 0.1) is 13.8 Å².